The molecule has 1 N–H and O–H groups in total. The fraction of sp³-hybridized carbons (Fsp3) is 0.625. The molecule has 0 radical (unpaired) electrons. The molecule has 19 heavy (non-hydrogen) atoms. The van der Waals surface area contributed by atoms with Gasteiger partial charge >= 0.3 is 0 Å². The lowest BCUT2D eigenvalue weighted by atomic mass is 10.1. The van der Waals surface area contributed by atoms with Crippen LogP contribution in [0, 0.1) is 11.7 Å². The fourth-order valence-electron chi connectivity index (χ4n) is 2.48. The smallest absolute Gasteiger partial charge is 0.128 e. The molecule has 0 bridgehead atoms. The first-order chi connectivity index (χ1) is 9.20. The van der Waals surface area contributed by atoms with Crippen molar-refractivity contribution in [2.45, 2.75) is 38.7 Å². The van der Waals surface area contributed by atoms with Gasteiger partial charge in [-0.15, -0.1) is 0 Å². The molecule has 2 nitrogen and oxygen atoms in total. The number of benzene rings is 1. The van der Waals surface area contributed by atoms with Crippen LogP contribution >= 0.6 is 0 Å². The van der Waals surface area contributed by atoms with E-state index in [2.05, 4.69) is 11.8 Å². The van der Waals surface area contributed by atoms with Crippen LogP contribution in [0.4, 0.5) is 4.39 Å². The highest BCUT2D eigenvalue weighted by Crippen LogP contribution is 2.30. The first kappa shape index (κ1) is 14.5. The average Bonchev–Trinajstić information content (AvgIpc) is 3.20. The quantitative estimate of drug-likeness (QED) is 0.779. The van der Waals surface area contributed by atoms with E-state index in [1.54, 1.807) is 18.2 Å². The molecule has 1 aromatic carbocycles. The fourth-order valence-corrected chi connectivity index (χ4v) is 2.48. The lowest BCUT2D eigenvalue weighted by Crippen LogP contribution is -2.29. The summed E-state index contributed by atoms with van der Waals surface area (Å²) in [6, 6.07) is 6.51. The van der Waals surface area contributed by atoms with Crippen LogP contribution in [0.5, 0.6) is 0 Å². The number of rotatable bonds is 8. The Hall–Kier alpha value is -0.930. The number of hydrogen-bond acceptors (Lipinski definition) is 2. The van der Waals surface area contributed by atoms with Gasteiger partial charge in [0.1, 0.15) is 5.82 Å². The molecule has 1 aliphatic carbocycles. The number of aliphatic hydroxyl groups is 1. The van der Waals surface area contributed by atoms with Gasteiger partial charge in [-0.1, -0.05) is 25.1 Å². The van der Waals surface area contributed by atoms with Crippen molar-refractivity contribution < 1.29 is 9.50 Å². The lowest BCUT2D eigenvalue weighted by molar-refractivity contribution is 0.136. The Morgan fingerprint density at radius 1 is 1.32 bits per heavy atom. The minimum absolute atomic E-state index is 0.306. The van der Waals surface area contributed by atoms with Crippen LogP contribution < -0.4 is 0 Å². The van der Waals surface area contributed by atoms with Crippen LogP contribution in [0.15, 0.2) is 24.3 Å². The van der Waals surface area contributed by atoms with Crippen molar-refractivity contribution in [2.75, 3.05) is 19.6 Å². The van der Waals surface area contributed by atoms with Gasteiger partial charge in [-0.25, -0.2) is 4.39 Å². The molecule has 0 amide bonds. The van der Waals surface area contributed by atoms with E-state index in [0.29, 0.717) is 12.0 Å². The molecule has 1 aliphatic rings. The van der Waals surface area contributed by atoms with Crippen LogP contribution in [0.1, 0.15) is 44.3 Å². The van der Waals surface area contributed by atoms with Gasteiger partial charge in [-0.05, 0) is 44.2 Å². The highest BCUT2D eigenvalue weighted by molar-refractivity contribution is 5.19. The summed E-state index contributed by atoms with van der Waals surface area (Å²) >= 11 is 0. The standard InChI is InChI=1S/C16H24FNO/c1-2-10-18(12-13-7-8-13)11-9-16(19)14-5-3-4-6-15(14)17/h3-6,13,16,19H,2,7-12H2,1H3. The van der Waals surface area contributed by atoms with Gasteiger partial charge in [0.25, 0.3) is 0 Å². The van der Waals surface area contributed by atoms with Crippen molar-refractivity contribution in [3.8, 4) is 0 Å². The Morgan fingerprint density at radius 2 is 2.05 bits per heavy atom. The Kier molecular flexibility index (Phi) is 5.34. The van der Waals surface area contributed by atoms with Gasteiger partial charge in [0.15, 0.2) is 0 Å². The Labute approximate surface area is 115 Å². The first-order valence-electron chi connectivity index (χ1n) is 7.35. The van der Waals surface area contributed by atoms with Crippen LogP contribution in [0.2, 0.25) is 0 Å². The van der Waals surface area contributed by atoms with Crippen LogP contribution in [0.3, 0.4) is 0 Å². The topological polar surface area (TPSA) is 23.5 Å². The third kappa shape index (κ3) is 4.59. The summed E-state index contributed by atoms with van der Waals surface area (Å²) in [4.78, 5) is 2.40. The summed E-state index contributed by atoms with van der Waals surface area (Å²) in [5.74, 6) is 0.552. The van der Waals surface area contributed by atoms with Gasteiger partial charge < -0.3 is 10.0 Å². The molecular formula is C16H24FNO. The molecular weight excluding hydrogens is 241 g/mol. The average molecular weight is 265 g/mol. The van der Waals surface area contributed by atoms with Gasteiger partial charge in [0.05, 0.1) is 6.10 Å². The van der Waals surface area contributed by atoms with Crippen LogP contribution in [0.25, 0.3) is 0 Å². The molecule has 0 saturated heterocycles. The molecule has 0 aromatic heterocycles. The maximum Gasteiger partial charge on any atom is 0.128 e. The second-order valence-electron chi connectivity index (χ2n) is 5.57. The van der Waals surface area contributed by atoms with E-state index in [1.807, 2.05) is 0 Å². The molecule has 1 unspecified atom stereocenters. The second-order valence-corrected chi connectivity index (χ2v) is 5.57. The van der Waals surface area contributed by atoms with Crippen molar-refractivity contribution in [2.24, 2.45) is 5.92 Å². The van der Waals surface area contributed by atoms with Gasteiger partial charge in [0, 0.05) is 18.7 Å². The maximum absolute atomic E-state index is 13.6. The van der Waals surface area contributed by atoms with E-state index in [-0.39, 0.29) is 5.82 Å². The summed E-state index contributed by atoms with van der Waals surface area (Å²) in [7, 11) is 0. The Morgan fingerprint density at radius 3 is 2.68 bits per heavy atom. The first-order valence-corrected chi connectivity index (χ1v) is 7.35. The molecule has 106 valence electrons. The van der Waals surface area contributed by atoms with Gasteiger partial charge in [-0.3, -0.25) is 0 Å². The predicted octanol–water partition coefficient (Wildman–Crippen LogP) is 3.37. The highest BCUT2D eigenvalue weighted by atomic mass is 19.1. The van der Waals surface area contributed by atoms with Crippen molar-refractivity contribution in [1.82, 2.24) is 4.90 Å². The molecule has 1 fully saturated rings. The van der Waals surface area contributed by atoms with Crippen LogP contribution in [-0.4, -0.2) is 29.6 Å². The Bertz CT molecular complexity index is 392. The molecule has 0 aliphatic heterocycles. The lowest BCUT2D eigenvalue weighted by Gasteiger charge is -2.23. The molecule has 1 saturated carbocycles. The molecule has 0 spiro atoms. The predicted molar refractivity (Wildman–Crippen MR) is 75.4 cm³/mol. The van der Waals surface area contributed by atoms with Crippen molar-refractivity contribution in [1.29, 1.82) is 0 Å². The zero-order valence-corrected chi connectivity index (χ0v) is 11.7. The van der Waals surface area contributed by atoms with E-state index < -0.39 is 6.10 Å². The Balaban J connectivity index is 1.83. The third-order valence-corrected chi connectivity index (χ3v) is 3.74. The maximum atomic E-state index is 13.6. The molecule has 0 heterocycles. The zero-order valence-electron chi connectivity index (χ0n) is 11.7. The summed E-state index contributed by atoms with van der Waals surface area (Å²) in [5, 5.41) is 10.1. The van der Waals surface area contributed by atoms with E-state index >= 15 is 0 Å². The molecule has 3 heteroatoms. The summed E-state index contributed by atoms with van der Waals surface area (Å²) in [6.45, 7) is 5.23. The SMILES string of the molecule is CCCN(CCC(O)c1ccccc1F)CC1CC1. The van der Waals surface area contributed by atoms with Gasteiger partial charge in [0.2, 0.25) is 0 Å². The second kappa shape index (κ2) is 7.01. The van der Waals surface area contributed by atoms with Gasteiger partial charge in [-0.2, -0.15) is 0 Å². The van der Waals surface area contributed by atoms with Crippen LogP contribution in [-0.2, 0) is 0 Å². The number of nitrogens with zero attached hydrogens (tertiary/aromatic N) is 1. The van der Waals surface area contributed by atoms with E-state index in [4.69, 9.17) is 0 Å². The minimum atomic E-state index is -0.695. The zero-order chi connectivity index (χ0) is 13.7. The van der Waals surface area contributed by atoms with Crippen molar-refractivity contribution >= 4 is 0 Å². The summed E-state index contributed by atoms with van der Waals surface area (Å²) in [5.41, 5.74) is 0.422. The van der Waals surface area contributed by atoms with E-state index in [0.717, 1.165) is 32.0 Å². The summed E-state index contributed by atoms with van der Waals surface area (Å²) < 4.78 is 13.6. The minimum Gasteiger partial charge on any atom is -0.388 e. The monoisotopic (exact) mass is 265 g/mol. The molecule has 1 aromatic rings. The van der Waals surface area contributed by atoms with E-state index in [1.165, 1.54) is 18.9 Å². The molecule has 1 atom stereocenters. The third-order valence-electron chi connectivity index (χ3n) is 3.74. The number of aliphatic hydroxyl groups excluding tert-OH is 1. The number of hydrogen-bond donors (Lipinski definition) is 1. The summed E-state index contributed by atoms with van der Waals surface area (Å²) in [6.07, 6.45) is 3.72. The number of halogens is 1. The normalized spacial score (nSPS) is 16.8. The molecule has 2 rings (SSSR count). The van der Waals surface area contributed by atoms with Crippen molar-refractivity contribution in [3.05, 3.63) is 35.6 Å². The largest absolute Gasteiger partial charge is 0.388 e. The highest BCUT2D eigenvalue weighted by Gasteiger charge is 2.24. The van der Waals surface area contributed by atoms with Crippen molar-refractivity contribution in [3.63, 3.8) is 0 Å². The van der Waals surface area contributed by atoms with E-state index in [9.17, 15) is 9.50 Å².